The van der Waals surface area contributed by atoms with E-state index in [9.17, 15) is 8.60 Å². The number of rotatable bonds is 4. The summed E-state index contributed by atoms with van der Waals surface area (Å²) in [5.41, 5.74) is 2.82. The molecule has 1 aliphatic heterocycles. The van der Waals surface area contributed by atoms with E-state index in [1.54, 1.807) is 6.92 Å². The summed E-state index contributed by atoms with van der Waals surface area (Å²) in [4.78, 5) is 0. The number of fused-ring (bicyclic) bond motifs is 1. The fraction of sp³-hybridized carbons (Fsp3) is 0.400. The zero-order valence-corrected chi connectivity index (χ0v) is 13.2. The maximum absolute atomic E-state index is 13.7. The Morgan fingerprint density at radius 2 is 2.14 bits per heavy atom. The van der Waals surface area contributed by atoms with E-state index < -0.39 is 10.8 Å². The Bertz CT molecular complexity index is 709. The molecular weight excluding hydrogens is 309 g/mol. The Morgan fingerprint density at radius 3 is 2.86 bits per heavy atom. The van der Waals surface area contributed by atoms with E-state index >= 15 is 0 Å². The van der Waals surface area contributed by atoms with Gasteiger partial charge in [-0.05, 0) is 26.0 Å². The fourth-order valence-electron chi connectivity index (χ4n) is 2.46. The van der Waals surface area contributed by atoms with Crippen molar-refractivity contribution in [2.24, 2.45) is 0 Å². The second-order valence-corrected chi connectivity index (χ2v) is 6.65. The minimum Gasteiger partial charge on any atom is -0.467 e. The van der Waals surface area contributed by atoms with Crippen molar-refractivity contribution >= 4 is 10.8 Å². The summed E-state index contributed by atoms with van der Waals surface area (Å²) in [7, 11) is -1.21. The quantitative estimate of drug-likeness (QED) is 0.865. The van der Waals surface area contributed by atoms with Crippen LogP contribution < -0.4 is 4.74 Å². The predicted molar refractivity (Wildman–Crippen MR) is 78.2 cm³/mol. The standard InChI is InChI=1S/C15H16FNO4S/c1-9-14(10(2)21-17-9)7-22(18)6-12-4-13(16)3-11-5-19-8-20-15(11)12/h3-4H,5-8H2,1-2H3. The molecule has 2 heterocycles. The van der Waals surface area contributed by atoms with Gasteiger partial charge in [-0.2, -0.15) is 0 Å². The summed E-state index contributed by atoms with van der Waals surface area (Å²) in [6.07, 6.45) is 0. The van der Waals surface area contributed by atoms with Gasteiger partial charge in [0.2, 0.25) is 0 Å². The highest BCUT2D eigenvalue weighted by Crippen LogP contribution is 2.30. The number of ether oxygens (including phenoxy) is 2. The largest absolute Gasteiger partial charge is 0.467 e. The van der Waals surface area contributed by atoms with Crippen LogP contribution in [0.1, 0.15) is 28.1 Å². The van der Waals surface area contributed by atoms with Gasteiger partial charge in [0.1, 0.15) is 17.3 Å². The average Bonchev–Trinajstić information content (AvgIpc) is 2.79. The van der Waals surface area contributed by atoms with Gasteiger partial charge in [-0.1, -0.05) is 5.16 Å². The monoisotopic (exact) mass is 325 g/mol. The second-order valence-electron chi connectivity index (χ2n) is 5.20. The molecule has 1 unspecified atom stereocenters. The highest BCUT2D eigenvalue weighted by molar-refractivity contribution is 7.83. The molecule has 7 heteroatoms. The first kappa shape index (κ1) is 15.2. The van der Waals surface area contributed by atoms with Gasteiger partial charge < -0.3 is 14.0 Å². The Hall–Kier alpha value is -1.73. The van der Waals surface area contributed by atoms with Gasteiger partial charge in [-0.25, -0.2) is 4.39 Å². The van der Waals surface area contributed by atoms with E-state index in [4.69, 9.17) is 14.0 Å². The third-order valence-corrected chi connectivity index (χ3v) is 4.80. The summed E-state index contributed by atoms with van der Waals surface area (Å²) in [5.74, 6) is 1.40. The van der Waals surface area contributed by atoms with Gasteiger partial charge in [0.25, 0.3) is 0 Å². The van der Waals surface area contributed by atoms with E-state index in [-0.39, 0.29) is 18.4 Å². The highest BCUT2D eigenvalue weighted by Gasteiger charge is 2.20. The molecule has 5 nitrogen and oxygen atoms in total. The first-order valence-electron chi connectivity index (χ1n) is 6.83. The van der Waals surface area contributed by atoms with Gasteiger partial charge in [0.05, 0.1) is 23.8 Å². The number of nitrogens with zero attached hydrogens (tertiary/aromatic N) is 1. The van der Waals surface area contributed by atoms with Crippen LogP contribution in [0.5, 0.6) is 5.75 Å². The van der Waals surface area contributed by atoms with Crippen LogP contribution in [-0.2, 0) is 33.6 Å². The number of hydrogen-bond donors (Lipinski definition) is 0. The summed E-state index contributed by atoms with van der Waals surface area (Å²) >= 11 is 0. The Labute approximate surface area is 129 Å². The molecule has 118 valence electrons. The van der Waals surface area contributed by atoms with Gasteiger partial charge >= 0.3 is 0 Å². The van der Waals surface area contributed by atoms with Crippen molar-refractivity contribution in [1.29, 1.82) is 0 Å². The molecular formula is C15H16FNO4S. The summed E-state index contributed by atoms with van der Waals surface area (Å²) in [5, 5.41) is 3.85. The molecule has 0 spiro atoms. The van der Waals surface area contributed by atoms with Crippen LogP contribution >= 0.6 is 0 Å². The zero-order chi connectivity index (χ0) is 15.7. The van der Waals surface area contributed by atoms with Crippen molar-refractivity contribution in [1.82, 2.24) is 5.16 Å². The van der Waals surface area contributed by atoms with Crippen molar-refractivity contribution in [3.8, 4) is 5.75 Å². The van der Waals surface area contributed by atoms with E-state index in [0.29, 0.717) is 35.0 Å². The van der Waals surface area contributed by atoms with Crippen LogP contribution in [0.15, 0.2) is 16.7 Å². The lowest BCUT2D eigenvalue weighted by molar-refractivity contribution is -0.0171. The average molecular weight is 325 g/mol. The molecule has 1 aliphatic rings. The summed E-state index contributed by atoms with van der Waals surface area (Å²) < 4.78 is 41.7. The topological polar surface area (TPSA) is 61.6 Å². The van der Waals surface area contributed by atoms with Crippen LogP contribution in [-0.4, -0.2) is 16.2 Å². The molecule has 0 saturated heterocycles. The smallest absolute Gasteiger partial charge is 0.189 e. The highest BCUT2D eigenvalue weighted by atomic mass is 32.2. The number of aryl methyl sites for hydroxylation is 2. The normalized spacial score (nSPS) is 15.2. The van der Waals surface area contributed by atoms with E-state index in [1.165, 1.54) is 12.1 Å². The molecule has 0 N–H and O–H groups in total. The molecule has 0 bridgehead atoms. The SMILES string of the molecule is Cc1noc(C)c1CS(=O)Cc1cc(F)cc2c1OCOC2. The molecule has 1 aromatic heterocycles. The zero-order valence-electron chi connectivity index (χ0n) is 12.3. The van der Waals surface area contributed by atoms with Crippen LogP contribution in [0.3, 0.4) is 0 Å². The number of halogens is 1. The van der Waals surface area contributed by atoms with Gasteiger partial charge in [-0.15, -0.1) is 0 Å². The number of aromatic nitrogens is 1. The minimum absolute atomic E-state index is 0.127. The first-order valence-corrected chi connectivity index (χ1v) is 8.32. The lowest BCUT2D eigenvalue weighted by Gasteiger charge is -2.20. The van der Waals surface area contributed by atoms with Crippen molar-refractivity contribution in [2.75, 3.05) is 6.79 Å². The van der Waals surface area contributed by atoms with Gasteiger partial charge in [0.15, 0.2) is 6.79 Å². The van der Waals surface area contributed by atoms with Crippen LogP contribution in [0.25, 0.3) is 0 Å². The van der Waals surface area contributed by atoms with Crippen molar-refractivity contribution < 1.29 is 22.6 Å². The maximum atomic E-state index is 13.7. The van der Waals surface area contributed by atoms with E-state index in [2.05, 4.69) is 5.16 Å². The Kier molecular flexibility index (Phi) is 4.26. The Balaban J connectivity index is 1.81. The van der Waals surface area contributed by atoms with Crippen LogP contribution in [0.4, 0.5) is 4.39 Å². The van der Waals surface area contributed by atoms with Gasteiger partial charge in [0, 0.05) is 27.5 Å². The first-order chi connectivity index (χ1) is 10.5. The number of benzene rings is 1. The van der Waals surface area contributed by atoms with Gasteiger partial charge in [-0.3, -0.25) is 4.21 Å². The fourth-order valence-corrected chi connectivity index (χ4v) is 3.85. The summed E-state index contributed by atoms with van der Waals surface area (Å²) in [6.45, 7) is 4.03. The third kappa shape index (κ3) is 3.05. The second kappa shape index (κ2) is 6.18. The Morgan fingerprint density at radius 1 is 1.32 bits per heavy atom. The molecule has 1 aromatic carbocycles. The van der Waals surface area contributed by atoms with E-state index in [1.807, 2.05) is 6.92 Å². The predicted octanol–water partition coefficient (Wildman–Crippen LogP) is 2.75. The summed E-state index contributed by atoms with van der Waals surface area (Å²) in [6, 6.07) is 2.75. The van der Waals surface area contributed by atoms with Crippen molar-refractivity contribution in [3.05, 3.63) is 46.1 Å². The molecule has 0 radical (unpaired) electrons. The molecule has 3 rings (SSSR count). The molecule has 0 saturated carbocycles. The van der Waals surface area contributed by atoms with Crippen LogP contribution in [0, 0.1) is 19.7 Å². The number of hydrogen-bond acceptors (Lipinski definition) is 5. The molecule has 2 aromatic rings. The molecule has 0 amide bonds. The maximum Gasteiger partial charge on any atom is 0.189 e. The minimum atomic E-state index is -1.21. The van der Waals surface area contributed by atoms with E-state index in [0.717, 1.165) is 11.3 Å². The molecule has 1 atom stereocenters. The van der Waals surface area contributed by atoms with Crippen molar-refractivity contribution in [3.63, 3.8) is 0 Å². The lowest BCUT2D eigenvalue weighted by Crippen LogP contribution is -2.14. The molecule has 22 heavy (non-hydrogen) atoms. The lowest BCUT2D eigenvalue weighted by atomic mass is 10.1. The molecule has 0 aliphatic carbocycles. The van der Waals surface area contributed by atoms with Crippen LogP contribution in [0.2, 0.25) is 0 Å². The van der Waals surface area contributed by atoms with Crippen molar-refractivity contribution in [2.45, 2.75) is 32.0 Å². The third-order valence-electron chi connectivity index (χ3n) is 3.55. The molecule has 0 fully saturated rings.